The lowest BCUT2D eigenvalue weighted by Gasteiger charge is -2.12. The van der Waals surface area contributed by atoms with Crippen molar-refractivity contribution >= 4 is 33.1 Å². The number of thiocarbonyl (C=S) groups is 1. The maximum Gasteiger partial charge on any atom is 0.138 e. The number of hydrogen-bond donors (Lipinski definition) is 1. The molecule has 104 valence electrons. The maximum atomic E-state index is 5.89. The van der Waals surface area contributed by atoms with Crippen molar-refractivity contribution in [1.29, 1.82) is 0 Å². The van der Waals surface area contributed by atoms with E-state index < -0.39 is 0 Å². The van der Waals surface area contributed by atoms with Gasteiger partial charge in [0, 0.05) is 4.47 Å². The van der Waals surface area contributed by atoms with Gasteiger partial charge in [0.25, 0.3) is 0 Å². The minimum absolute atomic E-state index is 0.311. The predicted molar refractivity (Wildman–Crippen MR) is 90.6 cm³/mol. The molecule has 0 spiro atoms. The highest BCUT2D eigenvalue weighted by atomic mass is 79.9. The first-order valence-electron chi connectivity index (χ1n) is 6.35. The SMILES string of the molecule is CC(C)c1ccc(Oc2cccc(Br)c2C(N)=S)cc1. The summed E-state index contributed by atoms with van der Waals surface area (Å²) < 4.78 is 6.72. The van der Waals surface area contributed by atoms with Gasteiger partial charge in [0.1, 0.15) is 16.5 Å². The van der Waals surface area contributed by atoms with Crippen molar-refractivity contribution in [3.63, 3.8) is 0 Å². The Morgan fingerprint density at radius 2 is 1.80 bits per heavy atom. The van der Waals surface area contributed by atoms with Crippen LogP contribution in [0.5, 0.6) is 11.5 Å². The first-order chi connectivity index (χ1) is 9.49. The summed E-state index contributed by atoms with van der Waals surface area (Å²) in [6, 6.07) is 13.7. The zero-order valence-electron chi connectivity index (χ0n) is 11.4. The second kappa shape index (κ2) is 6.37. The molecule has 20 heavy (non-hydrogen) atoms. The number of nitrogens with two attached hydrogens (primary N) is 1. The zero-order valence-corrected chi connectivity index (χ0v) is 13.8. The molecule has 0 aromatic heterocycles. The average molecular weight is 350 g/mol. The fraction of sp³-hybridized carbons (Fsp3) is 0.188. The molecule has 2 aromatic carbocycles. The van der Waals surface area contributed by atoms with Crippen LogP contribution in [-0.4, -0.2) is 4.99 Å². The molecule has 0 aliphatic heterocycles. The molecule has 0 aliphatic rings. The summed E-state index contributed by atoms with van der Waals surface area (Å²) in [6.07, 6.45) is 0. The molecule has 2 nitrogen and oxygen atoms in total. The van der Waals surface area contributed by atoms with Gasteiger partial charge in [0.15, 0.2) is 0 Å². The van der Waals surface area contributed by atoms with Crippen molar-refractivity contribution < 1.29 is 4.74 Å². The van der Waals surface area contributed by atoms with Crippen LogP contribution in [0.4, 0.5) is 0 Å². The standard InChI is InChI=1S/C16H16BrNOS/c1-10(2)11-6-8-12(9-7-11)19-14-5-3-4-13(17)15(14)16(18)20/h3-10H,1-2H3,(H2,18,20). The summed E-state index contributed by atoms with van der Waals surface area (Å²) in [5.41, 5.74) is 7.75. The molecule has 0 fully saturated rings. The molecule has 0 unspecified atom stereocenters. The molecule has 0 heterocycles. The lowest BCUT2D eigenvalue weighted by molar-refractivity contribution is 0.481. The molecule has 0 amide bonds. The number of benzene rings is 2. The van der Waals surface area contributed by atoms with Crippen molar-refractivity contribution in [1.82, 2.24) is 0 Å². The Morgan fingerprint density at radius 3 is 2.35 bits per heavy atom. The number of hydrogen-bond acceptors (Lipinski definition) is 2. The highest BCUT2D eigenvalue weighted by Gasteiger charge is 2.11. The van der Waals surface area contributed by atoms with Gasteiger partial charge in [-0.05, 0) is 51.7 Å². The second-order valence-electron chi connectivity index (χ2n) is 4.80. The normalized spacial score (nSPS) is 10.6. The van der Waals surface area contributed by atoms with Crippen LogP contribution in [0.2, 0.25) is 0 Å². The van der Waals surface area contributed by atoms with E-state index >= 15 is 0 Å². The van der Waals surface area contributed by atoms with Crippen molar-refractivity contribution in [3.8, 4) is 11.5 Å². The van der Waals surface area contributed by atoms with Gasteiger partial charge >= 0.3 is 0 Å². The molecule has 2 rings (SSSR count). The quantitative estimate of drug-likeness (QED) is 0.788. The number of ether oxygens (including phenoxy) is 1. The van der Waals surface area contributed by atoms with Gasteiger partial charge in [-0.25, -0.2) is 0 Å². The number of rotatable bonds is 4. The van der Waals surface area contributed by atoms with Gasteiger partial charge in [-0.1, -0.05) is 44.3 Å². The Labute approximate surface area is 133 Å². The third-order valence-corrected chi connectivity index (χ3v) is 3.86. The Bertz CT molecular complexity index is 623. The van der Waals surface area contributed by atoms with Gasteiger partial charge in [-0.2, -0.15) is 0 Å². The highest BCUT2D eigenvalue weighted by Crippen LogP contribution is 2.31. The van der Waals surface area contributed by atoms with Crippen LogP contribution in [0.25, 0.3) is 0 Å². The molecule has 0 saturated carbocycles. The topological polar surface area (TPSA) is 35.2 Å². The minimum Gasteiger partial charge on any atom is -0.457 e. The Balaban J connectivity index is 2.30. The Morgan fingerprint density at radius 1 is 1.15 bits per heavy atom. The van der Waals surface area contributed by atoms with Crippen LogP contribution < -0.4 is 10.5 Å². The van der Waals surface area contributed by atoms with Crippen molar-refractivity contribution in [2.75, 3.05) is 0 Å². The molecule has 0 atom stereocenters. The largest absolute Gasteiger partial charge is 0.457 e. The van der Waals surface area contributed by atoms with E-state index in [9.17, 15) is 0 Å². The maximum absolute atomic E-state index is 5.89. The lowest BCUT2D eigenvalue weighted by atomic mass is 10.0. The van der Waals surface area contributed by atoms with E-state index in [-0.39, 0.29) is 0 Å². The third kappa shape index (κ3) is 3.38. The van der Waals surface area contributed by atoms with E-state index in [0.717, 1.165) is 15.8 Å². The van der Waals surface area contributed by atoms with Crippen molar-refractivity contribution in [2.45, 2.75) is 19.8 Å². The molecule has 0 saturated heterocycles. The van der Waals surface area contributed by atoms with E-state index in [4.69, 9.17) is 22.7 Å². The van der Waals surface area contributed by atoms with Gasteiger partial charge in [0.05, 0.1) is 5.56 Å². The highest BCUT2D eigenvalue weighted by molar-refractivity contribution is 9.10. The fourth-order valence-corrected chi connectivity index (χ4v) is 2.78. The fourth-order valence-electron chi connectivity index (χ4n) is 1.88. The van der Waals surface area contributed by atoms with Gasteiger partial charge < -0.3 is 10.5 Å². The monoisotopic (exact) mass is 349 g/mol. The molecular weight excluding hydrogens is 334 g/mol. The van der Waals surface area contributed by atoms with E-state index in [1.54, 1.807) is 0 Å². The van der Waals surface area contributed by atoms with Crippen LogP contribution in [0.1, 0.15) is 30.9 Å². The second-order valence-corrected chi connectivity index (χ2v) is 6.10. The van der Waals surface area contributed by atoms with Crippen molar-refractivity contribution in [3.05, 3.63) is 58.1 Å². The van der Waals surface area contributed by atoms with Gasteiger partial charge in [-0.3, -0.25) is 0 Å². The zero-order chi connectivity index (χ0) is 14.7. The third-order valence-electron chi connectivity index (χ3n) is 3.00. The summed E-state index contributed by atoms with van der Waals surface area (Å²) in [5, 5.41) is 0. The van der Waals surface area contributed by atoms with E-state index in [1.807, 2.05) is 30.3 Å². The molecule has 0 radical (unpaired) electrons. The first kappa shape index (κ1) is 15.0. The summed E-state index contributed by atoms with van der Waals surface area (Å²) in [6.45, 7) is 4.32. The van der Waals surface area contributed by atoms with Crippen LogP contribution in [0.3, 0.4) is 0 Å². The summed E-state index contributed by atoms with van der Waals surface area (Å²) in [5.74, 6) is 1.93. The summed E-state index contributed by atoms with van der Waals surface area (Å²) >= 11 is 8.52. The molecule has 4 heteroatoms. The number of halogens is 1. The lowest BCUT2D eigenvalue weighted by Crippen LogP contribution is -2.11. The molecule has 0 aliphatic carbocycles. The van der Waals surface area contributed by atoms with Crippen LogP contribution in [0, 0.1) is 0 Å². The molecular formula is C16H16BrNOS. The van der Waals surface area contributed by atoms with Crippen LogP contribution in [0.15, 0.2) is 46.9 Å². The average Bonchev–Trinajstić information content (AvgIpc) is 2.39. The summed E-state index contributed by atoms with van der Waals surface area (Å²) in [4.78, 5) is 0.311. The van der Waals surface area contributed by atoms with Gasteiger partial charge in [-0.15, -0.1) is 0 Å². The van der Waals surface area contributed by atoms with Crippen molar-refractivity contribution in [2.24, 2.45) is 5.73 Å². The predicted octanol–water partition coefficient (Wildman–Crippen LogP) is 5.00. The summed E-state index contributed by atoms with van der Waals surface area (Å²) in [7, 11) is 0. The Kier molecular flexibility index (Phi) is 4.78. The van der Waals surface area contributed by atoms with E-state index in [0.29, 0.717) is 16.7 Å². The Hall–Kier alpha value is -1.39. The molecule has 2 aromatic rings. The van der Waals surface area contributed by atoms with Crippen LogP contribution >= 0.6 is 28.1 Å². The smallest absolute Gasteiger partial charge is 0.138 e. The minimum atomic E-state index is 0.311. The van der Waals surface area contributed by atoms with E-state index in [2.05, 4.69) is 41.9 Å². The molecule has 2 N–H and O–H groups in total. The molecule has 0 bridgehead atoms. The van der Waals surface area contributed by atoms with E-state index in [1.165, 1.54) is 5.56 Å². The van der Waals surface area contributed by atoms with Crippen LogP contribution in [-0.2, 0) is 0 Å². The first-order valence-corrected chi connectivity index (χ1v) is 7.55. The van der Waals surface area contributed by atoms with Gasteiger partial charge in [0.2, 0.25) is 0 Å².